The highest BCUT2D eigenvalue weighted by Crippen LogP contribution is 2.11. The van der Waals surface area contributed by atoms with Gasteiger partial charge in [-0.3, -0.25) is 14.7 Å². The summed E-state index contributed by atoms with van der Waals surface area (Å²) in [4.78, 5) is 20.1. The van der Waals surface area contributed by atoms with Crippen LogP contribution in [0.25, 0.3) is 0 Å². The number of likely N-dealkylation sites (N-methyl/N-ethyl adjacent to an activating group) is 1. The predicted molar refractivity (Wildman–Crippen MR) is 71.3 cm³/mol. The highest BCUT2D eigenvalue weighted by molar-refractivity contribution is 5.78. The van der Waals surface area contributed by atoms with Crippen LogP contribution in [-0.4, -0.2) is 54.4 Å². The number of hydrogen-bond donors (Lipinski definition) is 1. The van der Waals surface area contributed by atoms with Crippen molar-refractivity contribution in [3.05, 3.63) is 24.0 Å². The summed E-state index contributed by atoms with van der Waals surface area (Å²) in [5.74, 6) is 0.192. The van der Waals surface area contributed by atoms with Gasteiger partial charge in [-0.1, -0.05) is 0 Å². The van der Waals surface area contributed by atoms with Gasteiger partial charge in [0.1, 0.15) is 0 Å². The van der Waals surface area contributed by atoms with Gasteiger partial charge in [0, 0.05) is 45.6 Å². The average molecular weight is 248 g/mol. The van der Waals surface area contributed by atoms with Gasteiger partial charge in [-0.25, -0.2) is 0 Å². The molecule has 0 saturated carbocycles. The lowest BCUT2D eigenvalue weighted by atomic mass is 10.3. The third kappa shape index (κ3) is 3.20. The van der Waals surface area contributed by atoms with Crippen LogP contribution < -0.4 is 5.32 Å². The number of pyridine rings is 1. The van der Waals surface area contributed by atoms with Crippen LogP contribution in [0.15, 0.2) is 18.3 Å². The third-order valence-electron chi connectivity index (χ3n) is 3.24. The average Bonchev–Trinajstić information content (AvgIpc) is 2.52. The largest absolute Gasteiger partial charge is 0.388 e. The van der Waals surface area contributed by atoms with Gasteiger partial charge in [0.25, 0.3) is 0 Å². The first-order valence-corrected chi connectivity index (χ1v) is 6.28. The number of rotatable bonds is 3. The van der Waals surface area contributed by atoms with Crippen molar-refractivity contribution in [2.24, 2.45) is 0 Å². The Morgan fingerprint density at radius 1 is 1.44 bits per heavy atom. The molecule has 1 aliphatic heterocycles. The summed E-state index contributed by atoms with van der Waals surface area (Å²) in [6, 6.07) is 3.96. The summed E-state index contributed by atoms with van der Waals surface area (Å²) < 4.78 is 0. The third-order valence-corrected chi connectivity index (χ3v) is 3.24. The van der Waals surface area contributed by atoms with Crippen LogP contribution in [0.4, 0.5) is 5.69 Å². The molecule has 1 aromatic heterocycles. The van der Waals surface area contributed by atoms with Crippen LogP contribution in [0.5, 0.6) is 0 Å². The lowest BCUT2D eigenvalue weighted by Crippen LogP contribution is -2.34. The zero-order valence-electron chi connectivity index (χ0n) is 11.0. The molecule has 0 spiro atoms. The van der Waals surface area contributed by atoms with Gasteiger partial charge in [-0.15, -0.1) is 0 Å². The number of aromatic nitrogens is 1. The Morgan fingerprint density at radius 2 is 2.28 bits per heavy atom. The summed E-state index contributed by atoms with van der Waals surface area (Å²) in [6.45, 7) is 3.01. The summed E-state index contributed by atoms with van der Waals surface area (Å²) >= 11 is 0. The smallest absolute Gasteiger partial charge is 0.236 e. The first kappa shape index (κ1) is 12.8. The van der Waals surface area contributed by atoms with Crippen molar-refractivity contribution in [3.63, 3.8) is 0 Å². The van der Waals surface area contributed by atoms with Crippen molar-refractivity contribution in [1.29, 1.82) is 0 Å². The highest BCUT2D eigenvalue weighted by atomic mass is 16.2. The van der Waals surface area contributed by atoms with Crippen molar-refractivity contribution in [1.82, 2.24) is 14.8 Å². The molecule has 2 heterocycles. The van der Waals surface area contributed by atoms with Crippen LogP contribution >= 0.6 is 0 Å². The van der Waals surface area contributed by atoms with Crippen molar-refractivity contribution in [2.75, 3.05) is 39.0 Å². The number of anilines is 1. The van der Waals surface area contributed by atoms with Gasteiger partial charge in [-0.05, 0) is 18.6 Å². The van der Waals surface area contributed by atoms with Crippen LogP contribution in [0, 0.1) is 0 Å². The topological polar surface area (TPSA) is 48.5 Å². The maximum Gasteiger partial charge on any atom is 0.236 e. The minimum absolute atomic E-state index is 0.192. The molecule has 0 atom stereocenters. The minimum Gasteiger partial charge on any atom is -0.388 e. The second-order valence-electron chi connectivity index (χ2n) is 4.67. The maximum absolute atomic E-state index is 11.8. The number of carbonyl (C=O) groups is 1. The van der Waals surface area contributed by atoms with E-state index in [1.807, 2.05) is 26.2 Å². The number of carbonyl (C=O) groups excluding carboxylic acids is 1. The highest BCUT2D eigenvalue weighted by Gasteiger charge is 2.19. The van der Waals surface area contributed by atoms with E-state index >= 15 is 0 Å². The lowest BCUT2D eigenvalue weighted by Gasteiger charge is -2.19. The van der Waals surface area contributed by atoms with E-state index in [2.05, 4.69) is 15.2 Å². The number of nitrogens with one attached hydrogen (secondary N) is 1. The summed E-state index contributed by atoms with van der Waals surface area (Å²) in [5.41, 5.74) is 2.05. The van der Waals surface area contributed by atoms with E-state index in [9.17, 15) is 4.79 Å². The maximum atomic E-state index is 11.8. The molecule has 0 radical (unpaired) electrons. The molecule has 0 aromatic carbocycles. The van der Waals surface area contributed by atoms with Gasteiger partial charge in [0.15, 0.2) is 0 Å². The molecule has 2 rings (SSSR count). The Bertz CT molecular complexity index is 421. The Hall–Kier alpha value is -1.62. The summed E-state index contributed by atoms with van der Waals surface area (Å²) in [7, 11) is 3.76. The quantitative estimate of drug-likeness (QED) is 0.859. The molecule has 1 aliphatic rings. The fourth-order valence-electron chi connectivity index (χ4n) is 2.13. The van der Waals surface area contributed by atoms with E-state index in [1.165, 1.54) is 0 Å². The zero-order valence-corrected chi connectivity index (χ0v) is 11.0. The second kappa shape index (κ2) is 5.82. The van der Waals surface area contributed by atoms with Gasteiger partial charge in [0.2, 0.25) is 5.91 Å². The van der Waals surface area contributed by atoms with Gasteiger partial charge in [0.05, 0.1) is 12.2 Å². The molecular weight excluding hydrogens is 228 g/mol. The zero-order chi connectivity index (χ0) is 13.0. The van der Waals surface area contributed by atoms with Gasteiger partial charge in [-0.2, -0.15) is 0 Å². The summed E-state index contributed by atoms with van der Waals surface area (Å²) in [6.07, 6.45) is 2.82. The van der Waals surface area contributed by atoms with Gasteiger partial charge < -0.3 is 10.2 Å². The van der Waals surface area contributed by atoms with Crippen molar-refractivity contribution in [3.8, 4) is 0 Å². The molecule has 5 nitrogen and oxygen atoms in total. The van der Waals surface area contributed by atoms with E-state index in [0.29, 0.717) is 6.54 Å². The molecule has 0 unspecified atom stereocenters. The van der Waals surface area contributed by atoms with E-state index in [0.717, 1.165) is 37.4 Å². The van der Waals surface area contributed by atoms with E-state index < -0.39 is 0 Å². The van der Waals surface area contributed by atoms with E-state index in [4.69, 9.17) is 0 Å². The lowest BCUT2D eigenvalue weighted by molar-refractivity contribution is -0.130. The Labute approximate surface area is 108 Å². The molecule has 1 N–H and O–H groups in total. The monoisotopic (exact) mass is 248 g/mol. The molecule has 0 aliphatic carbocycles. The second-order valence-corrected chi connectivity index (χ2v) is 4.67. The molecule has 98 valence electrons. The van der Waals surface area contributed by atoms with Crippen LogP contribution in [0.2, 0.25) is 0 Å². The Kier molecular flexibility index (Phi) is 4.15. The van der Waals surface area contributed by atoms with Crippen LogP contribution in [0.3, 0.4) is 0 Å². The van der Waals surface area contributed by atoms with E-state index in [1.54, 1.807) is 11.1 Å². The number of nitrogens with zero attached hydrogens (tertiary/aromatic N) is 3. The molecule has 5 heteroatoms. The fourth-order valence-corrected chi connectivity index (χ4v) is 2.13. The molecule has 18 heavy (non-hydrogen) atoms. The van der Waals surface area contributed by atoms with Crippen LogP contribution in [0.1, 0.15) is 12.1 Å². The predicted octanol–water partition coefficient (Wildman–Crippen LogP) is 0.787. The number of hydrogen-bond acceptors (Lipinski definition) is 4. The van der Waals surface area contributed by atoms with E-state index in [-0.39, 0.29) is 5.91 Å². The molecule has 1 amide bonds. The normalized spacial score (nSPS) is 17.7. The standard InChI is InChI=1S/C13H20N4O/c1-14-11-4-5-15-12(8-11)9-17-7-3-6-16(2)13(18)10-17/h4-5,8H,3,6-7,9-10H2,1-2H3,(H,14,15). The minimum atomic E-state index is 0.192. The SMILES string of the molecule is CNc1ccnc(CN2CCCN(C)C(=O)C2)c1. The van der Waals surface area contributed by atoms with Gasteiger partial charge >= 0.3 is 0 Å². The van der Waals surface area contributed by atoms with Crippen molar-refractivity contribution >= 4 is 11.6 Å². The molecule has 1 saturated heterocycles. The molecule has 1 aromatic rings. The molecule has 1 fully saturated rings. The van der Waals surface area contributed by atoms with Crippen molar-refractivity contribution < 1.29 is 4.79 Å². The first-order valence-electron chi connectivity index (χ1n) is 6.28. The summed E-state index contributed by atoms with van der Waals surface area (Å²) in [5, 5.41) is 3.10. The Balaban J connectivity index is 2.01. The Morgan fingerprint density at radius 3 is 3.06 bits per heavy atom. The fraction of sp³-hybridized carbons (Fsp3) is 0.538. The van der Waals surface area contributed by atoms with Crippen LogP contribution in [-0.2, 0) is 11.3 Å². The number of amides is 1. The molecule has 0 bridgehead atoms. The first-order chi connectivity index (χ1) is 8.69. The molecular formula is C13H20N4O. The van der Waals surface area contributed by atoms with Crippen molar-refractivity contribution in [2.45, 2.75) is 13.0 Å².